The predicted molar refractivity (Wildman–Crippen MR) is 75.2 cm³/mol. The molecule has 1 N–H and O–H groups in total. The zero-order valence-corrected chi connectivity index (χ0v) is 10.5. The van der Waals surface area contributed by atoms with Crippen molar-refractivity contribution >= 4 is 22.7 Å². The Hall–Kier alpha value is -1.48. The van der Waals surface area contributed by atoms with Gasteiger partial charge in [0.1, 0.15) is 0 Å². The van der Waals surface area contributed by atoms with Gasteiger partial charge in [0.2, 0.25) is 0 Å². The molecule has 2 heterocycles. The fourth-order valence-electron chi connectivity index (χ4n) is 2.28. The Labute approximate surface area is 106 Å². The summed E-state index contributed by atoms with van der Waals surface area (Å²) in [4.78, 5) is 2.48. The highest BCUT2D eigenvalue weighted by atomic mass is 32.1. The summed E-state index contributed by atoms with van der Waals surface area (Å²) in [6.45, 7) is 3.25. The summed E-state index contributed by atoms with van der Waals surface area (Å²) in [5.74, 6) is 0. The van der Waals surface area contributed by atoms with Crippen molar-refractivity contribution in [2.75, 3.05) is 29.9 Å². The van der Waals surface area contributed by atoms with Crippen LogP contribution in [0.2, 0.25) is 0 Å². The van der Waals surface area contributed by atoms with Gasteiger partial charge in [-0.2, -0.15) is 11.3 Å². The third-order valence-electron chi connectivity index (χ3n) is 3.19. The standard InChI is InChI=1S/C14H16N2S/c1-2-4-14-13(3-1)15-7-9-16(14)8-5-12-6-10-17-11-12/h1-4,6,10-11,15H,5,7-9H2. The third kappa shape index (κ3) is 2.29. The fraction of sp³-hybridized carbons (Fsp3) is 0.286. The average molecular weight is 244 g/mol. The van der Waals surface area contributed by atoms with Gasteiger partial charge in [-0.3, -0.25) is 0 Å². The highest BCUT2D eigenvalue weighted by Gasteiger charge is 2.14. The number of fused-ring (bicyclic) bond motifs is 1. The topological polar surface area (TPSA) is 15.3 Å². The SMILES string of the molecule is c1ccc2c(c1)NCCN2CCc1ccsc1. The number of anilines is 2. The molecular weight excluding hydrogens is 228 g/mol. The number of benzene rings is 1. The van der Waals surface area contributed by atoms with Crippen molar-refractivity contribution in [1.29, 1.82) is 0 Å². The van der Waals surface area contributed by atoms with Crippen LogP contribution >= 0.6 is 11.3 Å². The van der Waals surface area contributed by atoms with E-state index in [1.165, 1.54) is 16.9 Å². The van der Waals surface area contributed by atoms with Gasteiger partial charge < -0.3 is 10.2 Å². The van der Waals surface area contributed by atoms with E-state index in [1.807, 2.05) is 0 Å². The Balaban J connectivity index is 1.72. The minimum Gasteiger partial charge on any atom is -0.382 e. The van der Waals surface area contributed by atoms with E-state index in [0.717, 1.165) is 26.1 Å². The molecule has 0 unspecified atom stereocenters. The smallest absolute Gasteiger partial charge is 0.0602 e. The lowest BCUT2D eigenvalue weighted by Gasteiger charge is -2.32. The number of hydrogen-bond acceptors (Lipinski definition) is 3. The highest BCUT2D eigenvalue weighted by Crippen LogP contribution is 2.28. The van der Waals surface area contributed by atoms with Gasteiger partial charge in [0.25, 0.3) is 0 Å². The molecule has 2 nitrogen and oxygen atoms in total. The second-order valence-corrected chi connectivity index (χ2v) is 5.09. The molecule has 0 saturated heterocycles. The van der Waals surface area contributed by atoms with Crippen LogP contribution in [0, 0.1) is 0 Å². The maximum Gasteiger partial charge on any atom is 0.0602 e. The Kier molecular flexibility index (Phi) is 3.01. The first-order valence-electron chi connectivity index (χ1n) is 6.02. The van der Waals surface area contributed by atoms with Crippen molar-refractivity contribution < 1.29 is 0 Å². The van der Waals surface area contributed by atoms with Crippen LogP contribution in [0.1, 0.15) is 5.56 Å². The van der Waals surface area contributed by atoms with Crippen LogP contribution in [0.25, 0.3) is 0 Å². The molecule has 0 amide bonds. The number of thiophene rings is 1. The molecule has 88 valence electrons. The second kappa shape index (κ2) is 4.80. The lowest BCUT2D eigenvalue weighted by atomic mass is 10.1. The van der Waals surface area contributed by atoms with Gasteiger partial charge in [-0.25, -0.2) is 0 Å². The van der Waals surface area contributed by atoms with Crippen molar-refractivity contribution in [1.82, 2.24) is 0 Å². The van der Waals surface area contributed by atoms with E-state index < -0.39 is 0 Å². The quantitative estimate of drug-likeness (QED) is 0.892. The van der Waals surface area contributed by atoms with Crippen molar-refractivity contribution in [3.05, 3.63) is 46.7 Å². The molecule has 2 aromatic rings. The van der Waals surface area contributed by atoms with Crippen molar-refractivity contribution in [2.24, 2.45) is 0 Å². The molecule has 3 heteroatoms. The predicted octanol–water partition coefficient (Wildman–Crippen LogP) is 3.22. The van der Waals surface area contributed by atoms with Crippen LogP contribution < -0.4 is 10.2 Å². The number of rotatable bonds is 3. The summed E-state index contributed by atoms with van der Waals surface area (Å²) in [6, 6.07) is 10.8. The van der Waals surface area contributed by atoms with Crippen molar-refractivity contribution in [2.45, 2.75) is 6.42 Å². The summed E-state index contributed by atoms with van der Waals surface area (Å²) in [5.41, 5.74) is 4.06. The van der Waals surface area contributed by atoms with Crippen LogP contribution in [0.3, 0.4) is 0 Å². The number of hydrogen-bond donors (Lipinski definition) is 1. The van der Waals surface area contributed by atoms with Crippen molar-refractivity contribution in [3.63, 3.8) is 0 Å². The van der Waals surface area contributed by atoms with Crippen molar-refractivity contribution in [3.8, 4) is 0 Å². The first-order chi connectivity index (χ1) is 8.43. The maximum absolute atomic E-state index is 3.45. The lowest BCUT2D eigenvalue weighted by Crippen LogP contribution is -2.35. The summed E-state index contributed by atoms with van der Waals surface area (Å²) in [5, 5.41) is 7.84. The minimum atomic E-state index is 1.04. The molecular formula is C14H16N2S. The lowest BCUT2D eigenvalue weighted by molar-refractivity contribution is 0.774. The van der Waals surface area contributed by atoms with Crippen LogP contribution in [-0.2, 0) is 6.42 Å². The molecule has 1 aromatic heterocycles. The van der Waals surface area contributed by atoms with E-state index >= 15 is 0 Å². The van der Waals surface area contributed by atoms with E-state index in [9.17, 15) is 0 Å². The van der Waals surface area contributed by atoms with E-state index in [0.29, 0.717) is 0 Å². The van der Waals surface area contributed by atoms with Crippen LogP contribution in [0.15, 0.2) is 41.1 Å². The van der Waals surface area contributed by atoms with Gasteiger partial charge in [-0.1, -0.05) is 12.1 Å². The minimum absolute atomic E-state index is 1.04. The highest BCUT2D eigenvalue weighted by molar-refractivity contribution is 7.07. The molecule has 0 spiro atoms. The Morgan fingerprint density at radius 2 is 2.18 bits per heavy atom. The van der Waals surface area contributed by atoms with E-state index in [1.54, 1.807) is 11.3 Å². The first-order valence-corrected chi connectivity index (χ1v) is 6.97. The van der Waals surface area contributed by atoms with E-state index in [-0.39, 0.29) is 0 Å². The van der Waals surface area contributed by atoms with Crippen LogP contribution in [0.5, 0.6) is 0 Å². The molecule has 0 fully saturated rings. The second-order valence-electron chi connectivity index (χ2n) is 4.31. The maximum atomic E-state index is 3.45. The molecule has 1 aromatic carbocycles. The summed E-state index contributed by atoms with van der Waals surface area (Å²) in [6.07, 6.45) is 1.14. The fourth-order valence-corrected chi connectivity index (χ4v) is 2.98. The van der Waals surface area contributed by atoms with Gasteiger partial charge in [-0.15, -0.1) is 0 Å². The monoisotopic (exact) mass is 244 g/mol. The van der Waals surface area contributed by atoms with Gasteiger partial charge >= 0.3 is 0 Å². The third-order valence-corrected chi connectivity index (χ3v) is 3.92. The number of nitrogens with zero attached hydrogens (tertiary/aromatic N) is 1. The van der Waals surface area contributed by atoms with Crippen LogP contribution in [-0.4, -0.2) is 19.6 Å². The van der Waals surface area contributed by atoms with Gasteiger partial charge in [0.05, 0.1) is 11.4 Å². The molecule has 1 aliphatic heterocycles. The molecule has 0 bridgehead atoms. The molecule has 0 atom stereocenters. The van der Waals surface area contributed by atoms with E-state index in [2.05, 4.69) is 51.3 Å². The molecule has 17 heavy (non-hydrogen) atoms. The normalized spacial score (nSPS) is 14.2. The Bertz CT molecular complexity index is 479. The zero-order valence-electron chi connectivity index (χ0n) is 9.73. The number of nitrogens with one attached hydrogen (secondary N) is 1. The molecule has 3 rings (SSSR count). The molecule has 0 aliphatic carbocycles. The van der Waals surface area contributed by atoms with Gasteiger partial charge in [0, 0.05) is 19.6 Å². The molecule has 0 radical (unpaired) electrons. The Morgan fingerprint density at radius 1 is 1.24 bits per heavy atom. The summed E-state index contributed by atoms with van der Waals surface area (Å²) in [7, 11) is 0. The Morgan fingerprint density at radius 3 is 3.06 bits per heavy atom. The molecule has 0 saturated carbocycles. The van der Waals surface area contributed by atoms with Gasteiger partial charge in [0.15, 0.2) is 0 Å². The van der Waals surface area contributed by atoms with Gasteiger partial charge in [-0.05, 0) is 40.9 Å². The van der Waals surface area contributed by atoms with Crippen LogP contribution in [0.4, 0.5) is 11.4 Å². The first kappa shape index (κ1) is 10.7. The largest absolute Gasteiger partial charge is 0.382 e. The molecule has 1 aliphatic rings. The average Bonchev–Trinajstić information content (AvgIpc) is 2.89. The number of para-hydroxylation sites is 2. The summed E-state index contributed by atoms with van der Waals surface area (Å²) >= 11 is 1.78. The van der Waals surface area contributed by atoms with E-state index in [4.69, 9.17) is 0 Å². The zero-order chi connectivity index (χ0) is 11.5. The summed E-state index contributed by atoms with van der Waals surface area (Å²) < 4.78 is 0.